The van der Waals surface area contributed by atoms with Gasteiger partial charge in [-0.05, 0) is 17.9 Å². The van der Waals surface area contributed by atoms with E-state index in [1.165, 1.54) is 113 Å². The molecular formula is C58H50BF20NO. The van der Waals surface area contributed by atoms with Crippen molar-refractivity contribution >= 4 is 38.8 Å². The maximum Gasteiger partial charge on any atom is 0.376 e. The van der Waals surface area contributed by atoms with Crippen molar-refractivity contribution in [2.75, 3.05) is 6.61 Å². The van der Waals surface area contributed by atoms with Crippen LogP contribution in [0.2, 0.25) is 0 Å². The molecular weight excluding hydrogens is 1120 g/mol. The number of fused-ring (bicyclic) bond motifs is 1. The Morgan fingerprint density at radius 2 is 0.605 bits per heavy atom. The summed E-state index contributed by atoms with van der Waals surface area (Å²) >= 11 is 0. The highest BCUT2D eigenvalue weighted by Gasteiger charge is 2.52. The molecule has 0 radical (unpaired) electrons. The van der Waals surface area contributed by atoms with E-state index in [2.05, 4.69) is 78.4 Å². The summed E-state index contributed by atoms with van der Waals surface area (Å²) in [4.78, 5) is 0. The smallest absolute Gasteiger partial charge is 0.376 e. The maximum absolute atomic E-state index is 15.4. The van der Waals surface area contributed by atoms with Crippen LogP contribution in [0.3, 0.4) is 0 Å². The zero-order valence-corrected chi connectivity index (χ0v) is 43.1. The summed E-state index contributed by atoms with van der Waals surface area (Å²) in [5.74, 6) is -70.4. The minimum Gasteiger partial charge on any atom is -0.444 e. The van der Waals surface area contributed by atoms with Crippen LogP contribution in [-0.4, -0.2) is 12.8 Å². The van der Waals surface area contributed by atoms with E-state index in [1.54, 1.807) is 0 Å². The molecule has 0 amide bonds. The largest absolute Gasteiger partial charge is 0.444 e. The summed E-state index contributed by atoms with van der Waals surface area (Å²) in [6.07, 6.45) is 17.2. The topological polar surface area (TPSA) is 13.1 Å². The van der Waals surface area contributed by atoms with E-state index in [9.17, 15) is 52.7 Å². The molecule has 7 rings (SSSR count). The molecule has 81 heavy (non-hydrogen) atoms. The van der Waals surface area contributed by atoms with Crippen LogP contribution in [0, 0.1) is 116 Å². The van der Waals surface area contributed by atoms with Gasteiger partial charge < -0.3 is 4.74 Å². The maximum atomic E-state index is 15.4. The third kappa shape index (κ3) is 13.1. The molecule has 0 atom stereocenters. The van der Waals surface area contributed by atoms with Gasteiger partial charge in [0.1, 0.15) is 52.7 Å². The fourth-order valence-electron chi connectivity index (χ4n) is 9.99. The van der Waals surface area contributed by atoms with Gasteiger partial charge in [-0.2, -0.15) is 4.57 Å². The minimum absolute atomic E-state index is 0.793. The van der Waals surface area contributed by atoms with Crippen molar-refractivity contribution in [3.63, 3.8) is 0 Å². The summed E-state index contributed by atoms with van der Waals surface area (Å²) in [5.41, 5.74) is -13.0. The zero-order valence-electron chi connectivity index (χ0n) is 43.1. The van der Waals surface area contributed by atoms with Gasteiger partial charge in [-0.15, -0.1) is 21.9 Å². The number of benzene rings is 6. The van der Waals surface area contributed by atoms with E-state index >= 15 is 35.1 Å². The molecule has 0 aliphatic rings. The number of nitrogens with zero attached hydrogens (tertiary/aromatic N) is 1. The second kappa shape index (κ2) is 28.3. The first kappa shape index (κ1) is 63.4. The lowest BCUT2D eigenvalue weighted by Gasteiger charge is -2.44. The average Bonchev–Trinajstić information content (AvgIpc) is 2.90. The highest BCUT2D eigenvalue weighted by molar-refractivity contribution is 7.20. The third-order valence-corrected chi connectivity index (χ3v) is 14.0. The van der Waals surface area contributed by atoms with Crippen LogP contribution >= 0.6 is 0 Å². The predicted octanol–water partition coefficient (Wildman–Crippen LogP) is 15.7. The predicted molar refractivity (Wildman–Crippen MR) is 264 cm³/mol. The molecule has 0 aliphatic heterocycles. The molecule has 436 valence electrons. The van der Waals surface area contributed by atoms with Crippen LogP contribution in [0.4, 0.5) is 87.8 Å². The van der Waals surface area contributed by atoms with Gasteiger partial charge in [0.05, 0.1) is 12.0 Å². The SMILES string of the molecule is CCCCCCCCCCCCCCCCCCOc1c2ccccc2cc[n+]1Cc1ccccc1.Fc1c(F)c(F)c([B-](c2c(F)c(F)c(F)c(F)c2F)(c2c(F)c(F)c(F)c(F)c2F)c2c(F)c(F)c(F)c(F)c2F)c(F)c1F. The summed E-state index contributed by atoms with van der Waals surface area (Å²) in [6.45, 7) is 3.92. The van der Waals surface area contributed by atoms with Crippen LogP contribution in [0.5, 0.6) is 5.88 Å². The molecule has 0 saturated heterocycles. The first-order valence-electron chi connectivity index (χ1n) is 25.9. The fourth-order valence-corrected chi connectivity index (χ4v) is 9.99. The molecule has 1 aromatic heterocycles. The van der Waals surface area contributed by atoms with Crippen molar-refractivity contribution < 1.29 is 97.1 Å². The molecule has 0 spiro atoms. The second-order valence-electron chi connectivity index (χ2n) is 19.3. The Labute approximate surface area is 452 Å². The van der Waals surface area contributed by atoms with Crippen LogP contribution in [0.25, 0.3) is 10.8 Å². The molecule has 23 heteroatoms. The van der Waals surface area contributed by atoms with Crippen molar-refractivity contribution in [1.29, 1.82) is 0 Å². The number of halogens is 20. The van der Waals surface area contributed by atoms with Crippen molar-refractivity contribution in [1.82, 2.24) is 0 Å². The van der Waals surface area contributed by atoms with E-state index in [4.69, 9.17) is 4.74 Å². The lowest BCUT2D eigenvalue weighted by atomic mass is 9.12. The molecule has 6 aromatic carbocycles. The monoisotopic (exact) mass is 1170 g/mol. The van der Waals surface area contributed by atoms with Crippen LogP contribution in [0.15, 0.2) is 66.9 Å². The summed E-state index contributed by atoms with van der Waals surface area (Å²) in [7, 11) is 0. The Kier molecular flexibility index (Phi) is 22.1. The summed E-state index contributed by atoms with van der Waals surface area (Å²) in [6, 6.07) is 21.4. The van der Waals surface area contributed by atoms with Crippen LogP contribution in [-0.2, 0) is 6.54 Å². The van der Waals surface area contributed by atoms with E-state index in [-0.39, 0.29) is 0 Å². The van der Waals surface area contributed by atoms with Gasteiger partial charge >= 0.3 is 5.88 Å². The van der Waals surface area contributed by atoms with Crippen LogP contribution in [0.1, 0.15) is 115 Å². The van der Waals surface area contributed by atoms with Gasteiger partial charge in [0.15, 0.2) is 82.5 Å². The van der Waals surface area contributed by atoms with Crippen molar-refractivity contribution in [2.45, 2.75) is 116 Å². The Hall–Kier alpha value is -6.81. The Morgan fingerprint density at radius 1 is 0.321 bits per heavy atom. The normalized spacial score (nSPS) is 11.7. The first-order valence-corrected chi connectivity index (χ1v) is 25.9. The Morgan fingerprint density at radius 3 is 0.938 bits per heavy atom. The van der Waals surface area contributed by atoms with Gasteiger partial charge in [0.25, 0.3) is 0 Å². The molecule has 7 aromatic rings. The third-order valence-electron chi connectivity index (χ3n) is 14.0. The summed E-state index contributed by atoms with van der Waals surface area (Å²) in [5, 5.41) is 2.44. The molecule has 2 nitrogen and oxygen atoms in total. The number of ether oxygens (including phenoxy) is 1. The van der Waals surface area contributed by atoms with E-state index < -0.39 is 144 Å². The highest BCUT2D eigenvalue weighted by Crippen LogP contribution is 2.31. The highest BCUT2D eigenvalue weighted by atomic mass is 19.2. The number of aromatic nitrogens is 1. The van der Waals surface area contributed by atoms with Gasteiger partial charge in [0, 0.05) is 11.6 Å². The molecule has 0 bridgehead atoms. The zero-order chi connectivity index (χ0) is 59.5. The lowest BCUT2D eigenvalue weighted by molar-refractivity contribution is -0.692. The van der Waals surface area contributed by atoms with Gasteiger partial charge in [0.2, 0.25) is 0 Å². The van der Waals surface area contributed by atoms with Crippen molar-refractivity contribution in [3.8, 4) is 5.88 Å². The quantitative estimate of drug-likeness (QED) is 0.0147. The molecule has 0 fully saturated rings. The molecule has 0 unspecified atom stereocenters. The number of pyridine rings is 1. The standard InChI is InChI=1S/C34H50NO.C24BF20/c1-2-3-4-5-6-7-8-9-10-11-12-13-14-15-16-22-29-36-34-33-26-21-20-25-32(33)27-28-35(34)30-31-23-18-17-19-24-31;26-5-1(6(27)14(35)21(42)13(5)34)25(2-7(28)15(36)22(43)16(37)8(2)29,3-9(30)17(38)23(44)18(39)10(3)31)4-11(32)19(40)24(45)20(41)12(4)33/h17-21,23-28H,2-16,22,29-30H2,1H3;/q+1;-1. The van der Waals surface area contributed by atoms with E-state index in [0.717, 1.165) is 25.5 Å². The number of rotatable bonds is 24. The van der Waals surface area contributed by atoms with E-state index in [1.807, 2.05) is 0 Å². The Bertz CT molecular complexity index is 2960. The molecule has 0 N–H and O–H groups in total. The second-order valence-corrected chi connectivity index (χ2v) is 19.3. The van der Waals surface area contributed by atoms with Gasteiger partial charge in [-0.25, -0.2) is 87.8 Å². The number of unbranched alkanes of at least 4 members (excludes halogenated alkanes) is 15. The number of hydrogen-bond acceptors (Lipinski definition) is 1. The molecule has 0 saturated carbocycles. The average molecular weight is 1170 g/mol. The fraction of sp³-hybridized carbons (Fsp3) is 0.328. The van der Waals surface area contributed by atoms with Crippen molar-refractivity contribution in [3.05, 3.63) is 189 Å². The van der Waals surface area contributed by atoms with Crippen molar-refractivity contribution in [2.24, 2.45) is 0 Å². The Balaban J connectivity index is 0.000000268. The van der Waals surface area contributed by atoms with Crippen LogP contribution < -0.4 is 31.2 Å². The minimum atomic E-state index is -7.22. The summed E-state index contributed by atoms with van der Waals surface area (Å²) < 4.78 is 303. The lowest BCUT2D eigenvalue weighted by Crippen LogP contribution is -2.81. The van der Waals surface area contributed by atoms with Gasteiger partial charge in [-0.3, -0.25) is 0 Å². The molecule has 0 aliphatic carbocycles. The first-order chi connectivity index (χ1) is 38.6. The molecule has 1 heterocycles. The van der Waals surface area contributed by atoms with E-state index in [0.29, 0.717) is 0 Å². The van der Waals surface area contributed by atoms with Gasteiger partial charge in [-0.1, -0.05) is 152 Å². The number of hydrogen-bond donors (Lipinski definition) is 0.